The minimum Gasteiger partial charge on any atom is -0.465 e. The molecule has 2 heterocycles. The Balaban J connectivity index is 2.08. The van der Waals surface area contributed by atoms with Crippen molar-refractivity contribution in [2.75, 3.05) is 5.32 Å². The number of carbonyl (C=O) groups excluding carboxylic acids is 1. The number of amides is 1. The summed E-state index contributed by atoms with van der Waals surface area (Å²) in [6.07, 6.45) is 5.27. The molecule has 0 bridgehead atoms. The average molecular weight is 247 g/mol. The van der Waals surface area contributed by atoms with Gasteiger partial charge in [-0.25, -0.2) is 4.79 Å². The van der Waals surface area contributed by atoms with Gasteiger partial charge in [-0.15, -0.1) is 0 Å². The summed E-state index contributed by atoms with van der Waals surface area (Å²) in [6, 6.07) is 3.36. The zero-order valence-corrected chi connectivity index (χ0v) is 9.10. The highest BCUT2D eigenvalue weighted by molar-refractivity contribution is 6.01. The lowest BCUT2D eigenvalue weighted by atomic mass is 10.4. The predicted molar refractivity (Wildman–Crippen MR) is 64.1 cm³/mol. The van der Waals surface area contributed by atoms with Gasteiger partial charge in [0.15, 0.2) is 0 Å². The largest absolute Gasteiger partial charge is 0.465 e. The molecule has 0 radical (unpaired) electrons. The predicted octanol–water partition coefficient (Wildman–Crippen LogP) is 0.308. The molecule has 92 valence electrons. The Bertz CT molecular complexity index is 679. The summed E-state index contributed by atoms with van der Waals surface area (Å²) in [4.78, 5) is 37.7. The molecule has 0 unspecified atom stereocenters. The number of rotatable bonds is 3. The maximum atomic E-state index is 11.5. The van der Waals surface area contributed by atoms with Gasteiger partial charge >= 0.3 is 5.69 Å². The van der Waals surface area contributed by atoms with Gasteiger partial charge in [0.1, 0.15) is 11.4 Å². The van der Waals surface area contributed by atoms with Crippen LogP contribution in [-0.2, 0) is 4.79 Å². The van der Waals surface area contributed by atoms with E-state index in [2.05, 4.69) is 10.3 Å². The molecule has 2 aromatic rings. The zero-order chi connectivity index (χ0) is 13.0. The second-order valence-corrected chi connectivity index (χ2v) is 3.32. The Labute approximate surface area is 100 Å². The zero-order valence-electron chi connectivity index (χ0n) is 9.10. The molecule has 0 fully saturated rings. The monoisotopic (exact) mass is 247 g/mol. The quantitative estimate of drug-likeness (QED) is 0.678. The van der Waals surface area contributed by atoms with Gasteiger partial charge in [-0.3, -0.25) is 14.6 Å². The molecule has 0 saturated carbocycles. The lowest BCUT2D eigenvalue weighted by Crippen LogP contribution is -2.25. The Hall–Kier alpha value is -2.83. The van der Waals surface area contributed by atoms with Crippen molar-refractivity contribution in [1.82, 2.24) is 9.97 Å². The SMILES string of the molecule is O=C(/C=C\c1ccco1)Nc1c[nH]c(=O)[nH]c1=O. The number of aromatic amines is 2. The first kappa shape index (κ1) is 11.6. The lowest BCUT2D eigenvalue weighted by molar-refractivity contribution is -0.111. The van der Waals surface area contributed by atoms with E-state index in [1.807, 2.05) is 4.98 Å². The van der Waals surface area contributed by atoms with Crippen LogP contribution in [0.2, 0.25) is 0 Å². The maximum Gasteiger partial charge on any atom is 0.325 e. The van der Waals surface area contributed by atoms with Crippen LogP contribution in [0.3, 0.4) is 0 Å². The Morgan fingerprint density at radius 1 is 1.39 bits per heavy atom. The fraction of sp³-hybridized carbons (Fsp3) is 0. The van der Waals surface area contributed by atoms with E-state index in [0.29, 0.717) is 5.76 Å². The van der Waals surface area contributed by atoms with Crippen molar-refractivity contribution in [2.45, 2.75) is 0 Å². The minimum absolute atomic E-state index is 0.0382. The molecule has 7 nitrogen and oxygen atoms in total. The molecular formula is C11H9N3O4. The molecule has 0 saturated heterocycles. The van der Waals surface area contributed by atoms with Crippen LogP contribution in [0.25, 0.3) is 6.08 Å². The highest BCUT2D eigenvalue weighted by Gasteiger charge is 2.03. The van der Waals surface area contributed by atoms with Crippen molar-refractivity contribution < 1.29 is 9.21 Å². The van der Waals surface area contributed by atoms with Crippen LogP contribution in [0.15, 0.2) is 44.7 Å². The average Bonchev–Trinajstić information content (AvgIpc) is 2.83. The molecule has 1 amide bonds. The first-order valence-electron chi connectivity index (χ1n) is 5.00. The fourth-order valence-electron chi connectivity index (χ4n) is 1.22. The van der Waals surface area contributed by atoms with Gasteiger partial charge in [-0.1, -0.05) is 0 Å². The Morgan fingerprint density at radius 2 is 2.22 bits per heavy atom. The molecular weight excluding hydrogens is 238 g/mol. The third-order valence-electron chi connectivity index (χ3n) is 2.02. The number of nitrogens with one attached hydrogen (secondary N) is 3. The number of hydrogen-bond acceptors (Lipinski definition) is 4. The van der Waals surface area contributed by atoms with Crippen molar-refractivity contribution in [1.29, 1.82) is 0 Å². The number of hydrogen-bond donors (Lipinski definition) is 3. The molecule has 0 aliphatic heterocycles. The van der Waals surface area contributed by atoms with Crippen LogP contribution in [0.1, 0.15) is 5.76 Å². The summed E-state index contributed by atoms with van der Waals surface area (Å²) in [5.41, 5.74) is -1.34. The smallest absolute Gasteiger partial charge is 0.325 e. The molecule has 3 N–H and O–H groups in total. The normalized spacial score (nSPS) is 10.7. The molecule has 2 rings (SSSR count). The second-order valence-electron chi connectivity index (χ2n) is 3.32. The van der Waals surface area contributed by atoms with Crippen molar-refractivity contribution in [2.24, 2.45) is 0 Å². The van der Waals surface area contributed by atoms with Gasteiger partial charge in [0.2, 0.25) is 5.91 Å². The topological polar surface area (TPSA) is 108 Å². The van der Waals surface area contributed by atoms with Crippen molar-refractivity contribution in [3.63, 3.8) is 0 Å². The maximum absolute atomic E-state index is 11.5. The number of furan rings is 1. The number of carbonyl (C=O) groups is 1. The molecule has 0 aliphatic carbocycles. The van der Waals surface area contributed by atoms with Crippen molar-refractivity contribution in [3.8, 4) is 0 Å². The van der Waals surface area contributed by atoms with Gasteiger partial charge < -0.3 is 14.7 Å². The lowest BCUT2D eigenvalue weighted by Gasteiger charge is -1.98. The number of H-pyrrole nitrogens is 2. The highest BCUT2D eigenvalue weighted by Crippen LogP contribution is 2.02. The summed E-state index contributed by atoms with van der Waals surface area (Å²) in [5, 5.41) is 2.32. The van der Waals surface area contributed by atoms with E-state index >= 15 is 0 Å². The van der Waals surface area contributed by atoms with Crippen LogP contribution >= 0.6 is 0 Å². The first-order chi connectivity index (χ1) is 8.65. The molecule has 0 atom stereocenters. The molecule has 0 spiro atoms. The van der Waals surface area contributed by atoms with Crippen molar-refractivity contribution >= 4 is 17.7 Å². The van der Waals surface area contributed by atoms with E-state index in [-0.39, 0.29) is 5.69 Å². The summed E-state index contributed by atoms with van der Waals surface area (Å²) in [6.45, 7) is 0. The standard InChI is InChI=1S/C11H9N3O4/c15-9(4-3-7-2-1-5-18-7)13-8-6-12-11(17)14-10(8)16/h1-6H,(H,13,15)(H2,12,14,16,17)/b4-3-. The highest BCUT2D eigenvalue weighted by atomic mass is 16.3. The van der Waals surface area contributed by atoms with Gasteiger partial charge in [-0.2, -0.15) is 0 Å². The summed E-state index contributed by atoms with van der Waals surface area (Å²) < 4.78 is 4.99. The summed E-state index contributed by atoms with van der Waals surface area (Å²) in [5.74, 6) is 0.00415. The molecule has 0 aromatic carbocycles. The van der Waals surface area contributed by atoms with Gasteiger partial charge in [-0.05, 0) is 18.2 Å². The molecule has 2 aromatic heterocycles. The van der Waals surface area contributed by atoms with E-state index in [0.717, 1.165) is 6.20 Å². The minimum atomic E-state index is -0.668. The van der Waals surface area contributed by atoms with Gasteiger partial charge in [0.25, 0.3) is 5.56 Å². The molecule has 18 heavy (non-hydrogen) atoms. The molecule has 7 heteroatoms. The van der Waals surface area contributed by atoms with E-state index < -0.39 is 17.2 Å². The fourth-order valence-corrected chi connectivity index (χ4v) is 1.22. The Morgan fingerprint density at radius 3 is 2.89 bits per heavy atom. The number of aromatic nitrogens is 2. The number of anilines is 1. The Kier molecular flexibility index (Phi) is 3.24. The third kappa shape index (κ3) is 2.85. The second kappa shape index (κ2) is 5.00. The summed E-state index contributed by atoms with van der Waals surface area (Å²) >= 11 is 0. The van der Waals surface area contributed by atoms with E-state index in [9.17, 15) is 14.4 Å². The molecule has 0 aliphatic rings. The van der Waals surface area contributed by atoms with Crippen LogP contribution in [-0.4, -0.2) is 15.9 Å². The van der Waals surface area contributed by atoms with E-state index in [1.165, 1.54) is 18.4 Å². The van der Waals surface area contributed by atoms with E-state index in [1.54, 1.807) is 12.1 Å². The van der Waals surface area contributed by atoms with Crippen LogP contribution < -0.4 is 16.6 Å². The van der Waals surface area contributed by atoms with Crippen LogP contribution in [0.5, 0.6) is 0 Å². The third-order valence-corrected chi connectivity index (χ3v) is 2.02. The van der Waals surface area contributed by atoms with Crippen molar-refractivity contribution in [3.05, 3.63) is 57.3 Å². The van der Waals surface area contributed by atoms with Crippen LogP contribution in [0.4, 0.5) is 5.69 Å². The summed E-state index contributed by atoms with van der Waals surface area (Å²) in [7, 11) is 0. The van der Waals surface area contributed by atoms with Gasteiger partial charge in [0.05, 0.1) is 6.26 Å². The first-order valence-corrected chi connectivity index (χ1v) is 5.00. The van der Waals surface area contributed by atoms with Crippen LogP contribution in [0, 0.1) is 0 Å². The van der Waals surface area contributed by atoms with E-state index in [4.69, 9.17) is 4.42 Å². The van der Waals surface area contributed by atoms with Gasteiger partial charge in [0, 0.05) is 12.3 Å².